The van der Waals surface area contributed by atoms with Crippen LogP contribution in [0.5, 0.6) is 0 Å². The van der Waals surface area contributed by atoms with Crippen molar-refractivity contribution in [3.05, 3.63) is 29.8 Å². The number of rotatable bonds is 2. The van der Waals surface area contributed by atoms with Crippen molar-refractivity contribution in [1.82, 2.24) is 0 Å². The van der Waals surface area contributed by atoms with Crippen LogP contribution < -0.4 is 11.1 Å². The molecule has 0 fully saturated rings. The summed E-state index contributed by atoms with van der Waals surface area (Å²) >= 11 is 0. The fraction of sp³-hybridized carbons (Fsp3) is 0.364. The van der Waals surface area contributed by atoms with E-state index in [9.17, 15) is 4.79 Å². The minimum Gasteiger partial charge on any atom is -0.326 e. The largest absolute Gasteiger partial charge is 0.326 e. The fourth-order valence-electron chi connectivity index (χ4n) is 1.20. The Balaban J connectivity index is 2.95. The molecular formula is C11H16N2O. The molecule has 1 aromatic carbocycles. The lowest BCUT2D eigenvalue weighted by Crippen LogP contribution is -2.28. The molecule has 76 valence electrons. The van der Waals surface area contributed by atoms with Gasteiger partial charge in [0.05, 0.1) is 0 Å². The number of anilines is 1. The Morgan fingerprint density at radius 1 is 1.43 bits per heavy atom. The molecule has 14 heavy (non-hydrogen) atoms. The molecule has 0 aliphatic rings. The average molecular weight is 192 g/mol. The van der Waals surface area contributed by atoms with Crippen LogP contribution in [0.3, 0.4) is 0 Å². The molecule has 0 spiro atoms. The quantitative estimate of drug-likeness (QED) is 0.751. The van der Waals surface area contributed by atoms with Crippen LogP contribution in [0.25, 0.3) is 0 Å². The minimum absolute atomic E-state index is 0.0722. The van der Waals surface area contributed by atoms with Crippen LogP contribution in [-0.2, 0) is 10.3 Å². The lowest BCUT2D eigenvalue weighted by Gasteiger charge is -2.19. The van der Waals surface area contributed by atoms with Crippen LogP contribution in [0.2, 0.25) is 0 Å². The van der Waals surface area contributed by atoms with E-state index < -0.39 is 0 Å². The Kier molecular flexibility index (Phi) is 2.91. The Bertz CT molecular complexity index is 339. The third kappa shape index (κ3) is 2.85. The zero-order valence-electron chi connectivity index (χ0n) is 8.79. The molecule has 0 bridgehead atoms. The number of nitrogens with two attached hydrogens (primary N) is 1. The van der Waals surface area contributed by atoms with Crippen molar-refractivity contribution in [2.45, 2.75) is 26.3 Å². The Morgan fingerprint density at radius 3 is 2.57 bits per heavy atom. The van der Waals surface area contributed by atoms with Gasteiger partial charge in [-0.3, -0.25) is 4.79 Å². The first kappa shape index (κ1) is 10.7. The number of carbonyl (C=O) groups is 1. The van der Waals surface area contributed by atoms with Crippen LogP contribution in [0.15, 0.2) is 24.3 Å². The highest BCUT2D eigenvalue weighted by Gasteiger charge is 2.13. The second-order valence-corrected chi connectivity index (χ2v) is 3.98. The van der Waals surface area contributed by atoms with E-state index in [2.05, 4.69) is 5.32 Å². The number of hydrogen-bond acceptors (Lipinski definition) is 2. The third-order valence-corrected chi connectivity index (χ3v) is 1.93. The molecule has 3 heteroatoms. The number of nitrogens with one attached hydrogen (secondary N) is 1. The molecule has 0 aliphatic carbocycles. The lowest BCUT2D eigenvalue weighted by molar-refractivity contribution is -0.114. The molecule has 3 N–H and O–H groups in total. The van der Waals surface area contributed by atoms with Gasteiger partial charge in [0.2, 0.25) is 5.91 Å². The van der Waals surface area contributed by atoms with E-state index in [0.717, 1.165) is 11.3 Å². The number of carbonyl (C=O) groups excluding carboxylic acids is 1. The van der Waals surface area contributed by atoms with Crippen molar-refractivity contribution in [2.75, 3.05) is 5.32 Å². The normalized spacial score (nSPS) is 11.1. The zero-order chi connectivity index (χ0) is 10.8. The fourth-order valence-corrected chi connectivity index (χ4v) is 1.20. The summed E-state index contributed by atoms with van der Waals surface area (Å²) in [6, 6.07) is 7.57. The first-order chi connectivity index (χ1) is 6.39. The smallest absolute Gasteiger partial charge is 0.221 e. The molecule has 0 saturated carbocycles. The van der Waals surface area contributed by atoms with Crippen LogP contribution in [-0.4, -0.2) is 5.91 Å². The molecule has 1 rings (SSSR count). The SMILES string of the molecule is CC(=O)Nc1cccc(C(C)(C)N)c1. The van der Waals surface area contributed by atoms with E-state index >= 15 is 0 Å². The maximum atomic E-state index is 10.8. The summed E-state index contributed by atoms with van der Waals surface area (Å²) < 4.78 is 0. The van der Waals surface area contributed by atoms with Gasteiger partial charge >= 0.3 is 0 Å². The summed E-state index contributed by atoms with van der Waals surface area (Å²) in [6.07, 6.45) is 0. The molecule has 0 unspecified atom stereocenters. The van der Waals surface area contributed by atoms with Gasteiger partial charge in [0.25, 0.3) is 0 Å². The van der Waals surface area contributed by atoms with Crippen LogP contribution >= 0.6 is 0 Å². The van der Waals surface area contributed by atoms with E-state index in [4.69, 9.17) is 5.73 Å². The Labute approximate surface area is 84.3 Å². The third-order valence-electron chi connectivity index (χ3n) is 1.93. The topological polar surface area (TPSA) is 55.1 Å². The predicted molar refractivity (Wildman–Crippen MR) is 58.0 cm³/mol. The zero-order valence-corrected chi connectivity index (χ0v) is 8.79. The van der Waals surface area contributed by atoms with Crippen molar-refractivity contribution in [2.24, 2.45) is 5.73 Å². The van der Waals surface area contributed by atoms with Crippen LogP contribution in [0.1, 0.15) is 26.3 Å². The van der Waals surface area contributed by atoms with Gasteiger partial charge in [-0.25, -0.2) is 0 Å². The Hall–Kier alpha value is -1.35. The van der Waals surface area contributed by atoms with Crippen molar-refractivity contribution in [3.63, 3.8) is 0 Å². The summed E-state index contributed by atoms with van der Waals surface area (Å²) in [5.41, 5.74) is 7.35. The molecule has 0 aromatic heterocycles. The van der Waals surface area contributed by atoms with Gasteiger partial charge in [-0.1, -0.05) is 12.1 Å². The molecule has 0 heterocycles. The van der Waals surface area contributed by atoms with Gasteiger partial charge in [0.1, 0.15) is 0 Å². The van der Waals surface area contributed by atoms with Crippen LogP contribution in [0.4, 0.5) is 5.69 Å². The summed E-state index contributed by atoms with van der Waals surface area (Å²) in [7, 11) is 0. The molecule has 1 amide bonds. The van der Waals surface area contributed by atoms with E-state index in [-0.39, 0.29) is 11.4 Å². The van der Waals surface area contributed by atoms with Crippen molar-refractivity contribution >= 4 is 11.6 Å². The average Bonchev–Trinajstić information content (AvgIpc) is 2.01. The maximum absolute atomic E-state index is 10.8. The van der Waals surface area contributed by atoms with Gasteiger partial charge in [-0.2, -0.15) is 0 Å². The van der Waals surface area contributed by atoms with Crippen molar-refractivity contribution in [3.8, 4) is 0 Å². The highest BCUT2D eigenvalue weighted by molar-refractivity contribution is 5.88. The van der Waals surface area contributed by atoms with Gasteiger partial charge in [0, 0.05) is 18.2 Å². The van der Waals surface area contributed by atoms with Gasteiger partial charge in [0.15, 0.2) is 0 Å². The second kappa shape index (κ2) is 3.80. The Morgan fingerprint density at radius 2 is 2.07 bits per heavy atom. The van der Waals surface area contributed by atoms with Gasteiger partial charge < -0.3 is 11.1 Å². The molecule has 0 atom stereocenters. The summed E-state index contributed by atoms with van der Waals surface area (Å²) in [5, 5.41) is 2.72. The van der Waals surface area contributed by atoms with E-state index in [1.807, 2.05) is 38.1 Å². The van der Waals surface area contributed by atoms with E-state index in [0.29, 0.717) is 0 Å². The van der Waals surface area contributed by atoms with E-state index in [1.165, 1.54) is 6.92 Å². The van der Waals surface area contributed by atoms with Crippen molar-refractivity contribution in [1.29, 1.82) is 0 Å². The highest BCUT2D eigenvalue weighted by Crippen LogP contribution is 2.20. The first-order valence-corrected chi connectivity index (χ1v) is 4.56. The number of hydrogen-bond donors (Lipinski definition) is 2. The summed E-state index contributed by atoms with van der Waals surface area (Å²) in [5.74, 6) is -0.0722. The standard InChI is InChI=1S/C11H16N2O/c1-8(14)13-10-6-4-5-9(7-10)11(2,3)12/h4-7H,12H2,1-3H3,(H,13,14). The summed E-state index contributed by atoms with van der Waals surface area (Å²) in [4.78, 5) is 10.8. The van der Waals surface area contributed by atoms with Gasteiger partial charge in [-0.05, 0) is 31.5 Å². The van der Waals surface area contributed by atoms with Crippen molar-refractivity contribution < 1.29 is 4.79 Å². The highest BCUT2D eigenvalue weighted by atomic mass is 16.1. The predicted octanol–water partition coefficient (Wildman–Crippen LogP) is 1.84. The van der Waals surface area contributed by atoms with E-state index in [1.54, 1.807) is 0 Å². The molecule has 1 aromatic rings. The molecular weight excluding hydrogens is 176 g/mol. The monoisotopic (exact) mass is 192 g/mol. The minimum atomic E-state index is -0.380. The number of amides is 1. The summed E-state index contributed by atoms with van der Waals surface area (Å²) in [6.45, 7) is 5.35. The molecule has 3 nitrogen and oxygen atoms in total. The maximum Gasteiger partial charge on any atom is 0.221 e. The second-order valence-electron chi connectivity index (χ2n) is 3.98. The van der Waals surface area contributed by atoms with Crippen LogP contribution in [0, 0.1) is 0 Å². The molecule has 0 aliphatic heterocycles. The molecule has 0 radical (unpaired) electrons. The first-order valence-electron chi connectivity index (χ1n) is 4.56. The van der Waals surface area contributed by atoms with Gasteiger partial charge in [-0.15, -0.1) is 0 Å². The number of benzene rings is 1. The lowest BCUT2D eigenvalue weighted by atomic mass is 9.95. The molecule has 0 saturated heterocycles.